The van der Waals surface area contributed by atoms with Gasteiger partial charge in [-0.3, -0.25) is 4.79 Å². The van der Waals surface area contributed by atoms with Gasteiger partial charge in [0.15, 0.2) is 5.75 Å². The molecule has 1 heterocycles. The van der Waals surface area contributed by atoms with E-state index in [2.05, 4.69) is 5.10 Å². The molecule has 0 unspecified atom stereocenters. The van der Waals surface area contributed by atoms with Crippen molar-refractivity contribution < 1.29 is 30.9 Å². The number of benzene rings is 2. The molecule has 0 amide bonds. The molecule has 0 radical (unpaired) electrons. The smallest absolute Gasteiger partial charge is 0.362 e. The second-order valence-corrected chi connectivity index (χ2v) is 7.74. The van der Waals surface area contributed by atoms with Crippen molar-refractivity contribution in [2.45, 2.75) is 18.7 Å². The number of aromatic nitrogens is 2. The monoisotopic (exact) mass is 450 g/mol. The molecule has 0 aliphatic carbocycles. The van der Waals surface area contributed by atoms with Crippen LogP contribution in [0, 0.1) is 18.6 Å². The van der Waals surface area contributed by atoms with Crippen LogP contribution in [0.4, 0.5) is 8.78 Å². The molecular formula is C20H16F2N2O6S. The molecule has 2 aromatic carbocycles. The van der Waals surface area contributed by atoms with Crippen LogP contribution >= 0.6 is 0 Å². The Balaban J connectivity index is 2.15. The van der Waals surface area contributed by atoms with Crippen molar-refractivity contribution in [3.63, 3.8) is 0 Å². The highest BCUT2D eigenvalue weighted by Gasteiger charge is 2.27. The number of carbonyl (C=O) groups is 1. The van der Waals surface area contributed by atoms with Gasteiger partial charge in [-0.25, -0.2) is 13.6 Å². The number of para-hydroxylation sites is 1. The molecule has 31 heavy (non-hydrogen) atoms. The Morgan fingerprint density at radius 2 is 1.84 bits per heavy atom. The molecule has 0 spiro atoms. The number of hydrogen-bond acceptors (Lipinski definition) is 7. The van der Waals surface area contributed by atoms with Crippen LogP contribution in [0.2, 0.25) is 0 Å². The van der Waals surface area contributed by atoms with Crippen molar-refractivity contribution in [2.24, 2.45) is 0 Å². The van der Waals surface area contributed by atoms with Gasteiger partial charge in [-0.1, -0.05) is 18.2 Å². The van der Waals surface area contributed by atoms with Gasteiger partial charge in [0.1, 0.15) is 16.5 Å². The number of hydrogen-bond donors (Lipinski definition) is 0. The Morgan fingerprint density at radius 1 is 1.13 bits per heavy atom. The maximum atomic E-state index is 14.0. The lowest BCUT2D eigenvalue weighted by Gasteiger charge is -2.13. The van der Waals surface area contributed by atoms with Gasteiger partial charge in [-0.05, 0) is 37.6 Å². The van der Waals surface area contributed by atoms with Crippen LogP contribution in [0.1, 0.15) is 23.0 Å². The van der Waals surface area contributed by atoms with E-state index in [0.717, 1.165) is 16.8 Å². The number of halogens is 2. The number of esters is 1. The molecule has 0 saturated carbocycles. The Hall–Kier alpha value is -3.60. The van der Waals surface area contributed by atoms with Crippen LogP contribution in [0.25, 0.3) is 5.69 Å². The standard InChI is InChI=1S/C20H16F2N2O6S/c1-3-29-20(26)19-16(30-31(27,28)17-9-8-13(21)10-14(17)22)11-18(25)24(23-19)15-7-5-4-6-12(15)2/h4-11H,3H2,1-2H3. The van der Waals surface area contributed by atoms with Gasteiger partial charge in [0.2, 0.25) is 5.69 Å². The molecular weight excluding hydrogens is 434 g/mol. The molecule has 0 aliphatic heterocycles. The third kappa shape index (κ3) is 4.61. The topological polar surface area (TPSA) is 105 Å². The summed E-state index contributed by atoms with van der Waals surface area (Å²) in [4.78, 5) is 24.0. The molecule has 0 fully saturated rings. The van der Waals surface area contributed by atoms with E-state index in [0.29, 0.717) is 23.4 Å². The fourth-order valence-electron chi connectivity index (χ4n) is 2.66. The van der Waals surface area contributed by atoms with Gasteiger partial charge < -0.3 is 8.92 Å². The first-order valence-electron chi connectivity index (χ1n) is 8.91. The summed E-state index contributed by atoms with van der Waals surface area (Å²) in [6.45, 7) is 3.16. The lowest BCUT2D eigenvalue weighted by atomic mass is 10.2. The Bertz CT molecular complexity index is 1320. The van der Waals surface area contributed by atoms with Crippen LogP contribution in [0.5, 0.6) is 5.75 Å². The first kappa shape index (κ1) is 22.1. The van der Waals surface area contributed by atoms with Crippen molar-refractivity contribution >= 4 is 16.1 Å². The first-order valence-corrected chi connectivity index (χ1v) is 10.3. The molecule has 0 bridgehead atoms. The van der Waals surface area contributed by atoms with Crippen LogP contribution in [0.15, 0.2) is 58.2 Å². The van der Waals surface area contributed by atoms with E-state index in [-0.39, 0.29) is 6.61 Å². The van der Waals surface area contributed by atoms with Gasteiger partial charge in [-0.2, -0.15) is 18.2 Å². The molecule has 0 saturated heterocycles. The van der Waals surface area contributed by atoms with E-state index < -0.39 is 49.6 Å². The average molecular weight is 450 g/mol. The molecule has 0 atom stereocenters. The molecule has 3 rings (SSSR count). The molecule has 1 aromatic heterocycles. The van der Waals surface area contributed by atoms with Crippen LogP contribution in [-0.4, -0.2) is 30.8 Å². The van der Waals surface area contributed by atoms with Crippen molar-refractivity contribution in [2.75, 3.05) is 6.61 Å². The van der Waals surface area contributed by atoms with E-state index in [9.17, 15) is 26.8 Å². The van der Waals surface area contributed by atoms with E-state index in [1.54, 1.807) is 31.2 Å². The van der Waals surface area contributed by atoms with Crippen LogP contribution in [0.3, 0.4) is 0 Å². The summed E-state index contributed by atoms with van der Waals surface area (Å²) in [6.07, 6.45) is 0. The number of aryl methyl sites for hydroxylation is 1. The maximum absolute atomic E-state index is 14.0. The molecule has 0 aliphatic rings. The number of carbonyl (C=O) groups excluding carboxylic acids is 1. The van der Waals surface area contributed by atoms with Crippen molar-refractivity contribution in [1.29, 1.82) is 0 Å². The molecule has 8 nitrogen and oxygen atoms in total. The van der Waals surface area contributed by atoms with E-state index in [1.807, 2.05) is 0 Å². The second kappa shape index (κ2) is 8.64. The summed E-state index contributed by atoms with van der Waals surface area (Å²) in [7, 11) is -4.87. The van der Waals surface area contributed by atoms with Gasteiger partial charge in [0.05, 0.1) is 18.4 Å². The summed E-state index contributed by atoms with van der Waals surface area (Å²) in [6, 6.07) is 9.13. The summed E-state index contributed by atoms with van der Waals surface area (Å²) < 4.78 is 62.7. The SMILES string of the molecule is CCOC(=O)c1nn(-c2ccccc2C)c(=O)cc1OS(=O)(=O)c1ccc(F)cc1F. The highest BCUT2D eigenvalue weighted by Crippen LogP contribution is 2.24. The summed E-state index contributed by atoms with van der Waals surface area (Å²) >= 11 is 0. The van der Waals surface area contributed by atoms with Gasteiger partial charge in [-0.15, -0.1) is 0 Å². The van der Waals surface area contributed by atoms with Gasteiger partial charge in [0.25, 0.3) is 5.56 Å². The fourth-order valence-corrected chi connectivity index (χ4v) is 3.64. The summed E-state index contributed by atoms with van der Waals surface area (Å²) in [5.74, 6) is -4.21. The number of nitrogens with zero attached hydrogens (tertiary/aromatic N) is 2. The quantitative estimate of drug-likeness (QED) is 0.420. The first-order chi connectivity index (χ1) is 14.6. The normalized spacial score (nSPS) is 11.2. The Morgan fingerprint density at radius 3 is 2.48 bits per heavy atom. The van der Waals surface area contributed by atoms with Crippen LogP contribution in [-0.2, 0) is 14.9 Å². The zero-order valence-corrected chi connectivity index (χ0v) is 17.2. The number of rotatable bonds is 6. The van der Waals surface area contributed by atoms with E-state index >= 15 is 0 Å². The fraction of sp³-hybridized carbons (Fsp3) is 0.150. The van der Waals surface area contributed by atoms with Gasteiger partial charge >= 0.3 is 16.1 Å². The second-order valence-electron chi connectivity index (χ2n) is 6.23. The van der Waals surface area contributed by atoms with Crippen molar-refractivity contribution in [1.82, 2.24) is 9.78 Å². The Kier molecular flexibility index (Phi) is 6.16. The van der Waals surface area contributed by atoms with Crippen LogP contribution < -0.4 is 9.74 Å². The maximum Gasteiger partial charge on any atom is 0.362 e. The zero-order valence-electron chi connectivity index (χ0n) is 16.3. The summed E-state index contributed by atoms with van der Waals surface area (Å²) in [5.41, 5.74) is -0.429. The summed E-state index contributed by atoms with van der Waals surface area (Å²) in [5, 5.41) is 3.92. The predicted octanol–water partition coefficient (Wildman–Crippen LogP) is 2.76. The molecule has 0 N–H and O–H groups in total. The van der Waals surface area contributed by atoms with E-state index in [1.165, 1.54) is 6.92 Å². The lowest BCUT2D eigenvalue weighted by Crippen LogP contribution is -2.26. The molecule has 3 aromatic rings. The minimum atomic E-state index is -4.87. The predicted molar refractivity (Wildman–Crippen MR) is 105 cm³/mol. The van der Waals surface area contributed by atoms with Crippen molar-refractivity contribution in [3.8, 4) is 11.4 Å². The van der Waals surface area contributed by atoms with E-state index in [4.69, 9.17) is 8.92 Å². The molecule has 11 heteroatoms. The average Bonchev–Trinajstić information content (AvgIpc) is 2.68. The zero-order chi connectivity index (χ0) is 22.8. The number of ether oxygens (including phenoxy) is 1. The minimum Gasteiger partial charge on any atom is -0.461 e. The van der Waals surface area contributed by atoms with Crippen molar-refractivity contribution in [3.05, 3.63) is 81.8 Å². The van der Waals surface area contributed by atoms with Gasteiger partial charge in [0, 0.05) is 6.07 Å². The molecule has 162 valence electrons. The highest BCUT2D eigenvalue weighted by molar-refractivity contribution is 7.87. The Labute approximate surface area is 175 Å². The lowest BCUT2D eigenvalue weighted by molar-refractivity contribution is 0.0515. The third-order valence-corrected chi connectivity index (χ3v) is 5.34. The third-order valence-electron chi connectivity index (χ3n) is 4.07. The largest absolute Gasteiger partial charge is 0.461 e. The highest BCUT2D eigenvalue weighted by atomic mass is 32.2. The minimum absolute atomic E-state index is 0.0667.